The first-order chi connectivity index (χ1) is 8.08. The van der Waals surface area contributed by atoms with Gasteiger partial charge in [-0.2, -0.15) is 0 Å². The molecule has 0 bridgehead atoms. The van der Waals surface area contributed by atoms with Gasteiger partial charge in [0.05, 0.1) is 11.8 Å². The number of ketones is 1. The molecule has 0 atom stereocenters. The number of ether oxygens (including phenoxy) is 1. The first kappa shape index (κ1) is 10.1. The average Bonchev–Trinajstić information content (AvgIpc) is 2.81. The van der Waals surface area contributed by atoms with Crippen LogP contribution in [0.2, 0.25) is 0 Å². The van der Waals surface area contributed by atoms with E-state index in [4.69, 9.17) is 9.15 Å². The highest BCUT2D eigenvalue weighted by molar-refractivity contribution is 6.25. The van der Waals surface area contributed by atoms with Gasteiger partial charge in [-0.05, 0) is 26.0 Å². The maximum atomic E-state index is 12.1. The molecule has 1 aliphatic rings. The number of furan rings is 1. The third-order valence-corrected chi connectivity index (χ3v) is 2.95. The number of carbonyl (C=O) groups is 1. The number of rotatable bonds is 1. The van der Waals surface area contributed by atoms with Crippen LogP contribution in [0.25, 0.3) is 16.5 Å². The zero-order valence-corrected chi connectivity index (χ0v) is 9.69. The Morgan fingerprint density at radius 3 is 2.59 bits per heavy atom. The van der Waals surface area contributed by atoms with Gasteiger partial charge in [0.1, 0.15) is 11.3 Å². The van der Waals surface area contributed by atoms with E-state index in [2.05, 4.69) is 0 Å². The third kappa shape index (κ3) is 1.46. The van der Waals surface area contributed by atoms with Crippen molar-refractivity contribution >= 4 is 22.3 Å². The molecule has 0 N–H and O–H groups in total. The molecule has 2 heterocycles. The Morgan fingerprint density at radius 2 is 1.94 bits per heavy atom. The summed E-state index contributed by atoms with van der Waals surface area (Å²) < 4.78 is 11.0. The van der Waals surface area contributed by atoms with Crippen LogP contribution in [0, 0.1) is 0 Å². The van der Waals surface area contributed by atoms with E-state index in [0.717, 1.165) is 11.0 Å². The van der Waals surface area contributed by atoms with E-state index in [0.29, 0.717) is 11.3 Å². The van der Waals surface area contributed by atoms with Gasteiger partial charge in [-0.15, -0.1) is 0 Å². The van der Waals surface area contributed by atoms with Gasteiger partial charge in [-0.3, -0.25) is 4.79 Å². The van der Waals surface area contributed by atoms with Crippen molar-refractivity contribution in [3.05, 3.63) is 42.4 Å². The van der Waals surface area contributed by atoms with Crippen LogP contribution < -0.4 is 0 Å². The van der Waals surface area contributed by atoms with Gasteiger partial charge in [0.15, 0.2) is 5.60 Å². The van der Waals surface area contributed by atoms with Crippen LogP contribution >= 0.6 is 0 Å². The average molecular weight is 228 g/mol. The summed E-state index contributed by atoms with van der Waals surface area (Å²) >= 11 is 0. The number of Topliss-reactive ketones (excluding diaryl/α,β-unsaturated/α-hetero) is 1. The van der Waals surface area contributed by atoms with Crippen molar-refractivity contribution in [3.63, 3.8) is 0 Å². The molecular weight excluding hydrogens is 216 g/mol. The molecule has 0 fully saturated rings. The molecule has 0 spiro atoms. The van der Waals surface area contributed by atoms with Gasteiger partial charge in [-0.1, -0.05) is 18.2 Å². The summed E-state index contributed by atoms with van der Waals surface area (Å²) in [5.41, 5.74) is 0.501. The molecule has 0 unspecified atom stereocenters. The van der Waals surface area contributed by atoms with E-state index < -0.39 is 5.60 Å². The lowest BCUT2D eigenvalue weighted by atomic mass is 9.98. The van der Waals surface area contributed by atoms with Crippen molar-refractivity contribution in [2.24, 2.45) is 0 Å². The predicted molar refractivity (Wildman–Crippen MR) is 64.4 cm³/mol. The normalized spacial score (nSPS) is 18.2. The molecule has 0 radical (unpaired) electrons. The van der Waals surface area contributed by atoms with E-state index in [1.165, 1.54) is 6.26 Å². The van der Waals surface area contributed by atoms with Crippen molar-refractivity contribution in [1.29, 1.82) is 0 Å². The van der Waals surface area contributed by atoms with Crippen LogP contribution in [-0.2, 0) is 9.53 Å². The molecular formula is C14H12O3. The van der Waals surface area contributed by atoms with Crippen molar-refractivity contribution in [3.8, 4) is 0 Å². The summed E-state index contributed by atoms with van der Waals surface area (Å²) in [6.45, 7) is 3.50. The minimum Gasteiger partial charge on any atom is -0.486 e. The number of benzene rings is 1. The predicted octanol–water partition coefficient (Wildman–Crippen LogP) is 3.15. The smallest absolute Gasteiger partial charge is 0.212 e. The zero-order valence-electron chi connectivity index (χ0n) is 9.69. The molecule has 0 saturated heterocycles. The fourth-order valence-corrected chi connectivity index (χ4v) is 1.92. The Labute approximate surface area is 98.7 Å². The van der Waals surface area contributed by atoms with Crippen molar-refractivity contribution in [1.82, 2.24) is 0 Å². The number of hydrogen-bond donors (Lipinski definition) is 0. The van der Waals surface area contributed by atoms with E-state index in [1.807, 2.05) is 30.3 Å². The minimum atomic E-state index is -0.783. The Balaban J connectivity index is 2.09. The summed E-state index contributed by atoms with van der Waals surface area (Å²) in [6.07, 6.45) is 1.49. The summed E-state index contributed by atoms with van der Waals surface area (Å²) in [4.78, 5) is 12.1. The fourth-order valence-electron chi connectivity index (χ4n) is 1.92. The minimum absolute atomic E-state index is 0.0449. The highest BCUT2D eigenvalue weighted by atomic mass is 16.5. The van der Waals surface area contributed by atoms with Crippen LogP contribution in [0.5, 0.6) is 0 Å². The second kappa shape index (κ2) is 3.23. The molecule has 0 aliphatic carbocycles. The Kier molecular flexibility index (Phi) is 1.93. The van der Waals surface area contributed by atoms with Gasteiger partial charge in [0.2, 0.25) is 5.78 Å². The lowest BCUT2D eigenvalue weighted by Crippen LogP contribution is -2.28. The van der Waals surface area contributed by atoms with Gasteiger partial charge in [0, 0.05) is 5.39 Å². The maximum Gasteiger partial charge on any atom is 0.212 e. The molecule has 17 heavy (non-hydrogen) atoms. The van der Waals surface area contributed by atoms with Crippen LogP contribution in [0.15, 0.2) is 41.0 Å². The standard InChI is InChI=1S/C14H12O3/c1-14(2)13(15)10(8-16-14)12-7-9-5-3-4-6-11(9)17-12/h3-8H,1-2H3. The zero-order chi connectivity index (χ0) is 12.0. The third-order valence-electron chi connectivity index (χ3n) is 2.95. The van der Waals surface area contributed by atoms with Gasteiger partial charge >= 0.3 is 0 Å². The van der Waals surface area contributed by atoms with E-state index >= 15 is 0 Å². The van der Waals surface area contributed by atoms with Gasteiger partial charge in [0.25, 0.3) is 0 Å². The molecule has 0 amide bonds. The van der Waals surface area contributed by atoms with Crippen LogP contribution in [0.3, 0.4) is 0 Å². The molecule has 1 aliphatic heterocycles. The van der Waals surface area contributed by atoms with E-state index in [-0.39, 0.29) is 5.78 Å². The quantitative estimate of drug-likeness (QED) is 0.752. The summed E-state index contributed by atoms with van der Waals surface area (Å²) in [6, 6.07) is 9.54. The summed E-state index contributed by atoms with van der Waals surface area (Å²) in [5, 5.41) is 0.987. The van der Waals surface area contributed by atoms with Gasteiger partial charge in [-0.25, -0.2) is 0 Å². The largest absolute Gasteiger partial charge is 0.486 e. The summed E-state index contributed by atoms with van der Waals surface area (Å²) in [7, 11) is 0. The second-order valence-corrected chi connectivity index (χ2v) is 4.64. The number of carbonyl (C=O) groups excluding carboxylic acids is 1. The topological polar surface area (TPSA) is 39.4 Å². The number of para-hydroxylation sites is 1. The Bertz CT molecular complexity index is 599. The molecule has 3 rings (SSSR count). The first-order valence-electron chi connectivity index (χ1n) is 5.50. The van der Waals surface area contributed by atoms with E-state index in [9.17, 15) is 4.79 Å². The molecule has 1 aromatic heterocycles. The lowest BCUT2D eigenvalue weighted by Gasteiger charge is -2.14. The lowest BCUT2D eigenvalue weighted by molar-refractivity contribution is -0.125. The number of fused-ring (bicyclic) bond motifs is 1. The highest BCUT2D eigenvalue weighted by Crippen LogP contribution is 2.33. The summed E-state index contributed by atoms with van der Waals surface area (Å²) in [5.74, 6) is 0.526. The molecule has 0 saturated carbocycles. The molecule has 3 heteroatoms. The van der Waals surface area contributed by atoms with E-state index in [1.54, 1.807) is 13.8 Å². The fraction of sp³-hybridized carbons (Fsp3) is 0.214. The number of hydrogen-bond acceptors (Lipinski definition) is 3. The Hall–Kier alpha value is -2.03. The van der Waals surface area contributed by atoms with Crippen molar-refractivity contribution < 1.29 is 13.9 Å². The first-order valence-corrected chi connectivity index (χ1v) is 5.50. The van der Waals surface area contributed by atoms with Gasteiger partial charge < -0.3 is 9.15 Å². The highest BCUT2D eigenvalue weighted by Gasteiger charge is 2.38. The van der Waals surface area contributed by atoms with Crippen molar-refractivity contribution in [2.75, 3.05) is 0 Å². The molecule has 2 aromatic rings. The maximum absolute atomic E-state index is 12.1. The SMILES string of the molecule is CC1(C)OC=C(c2cc3ccccc3o2)C1=O. The molecule has 1 aromatic carbocycles. The van der Waals surface area contributed by atoms with Crippen molar-refractivity contribution in [2.45, 2.75) is 19.4 Å². The Morgan fingerprint density at radius 1 is 1.18 bits per heavy atom. The van der Waals surface area contributed by atoms with Crippen LogP contribution in [-0.4, -0.2) is 11.4 Å². The molecule has 3 nitrogen and oxygen atoms in total. The van der Waals surface area contributed by atoms with Crippen LogP contribution in [0.4, 0.5) is 0 Å². The monoisotopic (exact) mass is 228 g/mol. The van der Waals surface area contributed by atoms with Crippen LogP contribution in [0.1, 0.15) is 19.6 Å². The molecule has 86 valence electrons. The second-order valence-electron chi connectivity index (χ2n) is 4.64.